The molecule has 1 aromatic rings. The molecule has 1 unspecified atom stereocenters. The van der Waals surface area contributed by atoms with Crippen LogP contribution in [-0.4, -0.2) is 42.5 Å². The van der Waals surface area contributed by atoms with Gasteiger partial charge in [0.2, 0.25) is 6.41 Å². The van der Waals surface area contributed by atoms with Gasteiger partial charge in [-0.1, -0.05) is 6.92 Å². The minimum Gasteiger partial charge on any atom is -0.365 e. The van der Waals surface area contributed by atoms with Gasteiger partial charge in [-0.3, -0.25) is 9.69 Å². The molecular weight excluding hydrogens is 248 g/mol. The van der Waals surface area contributed by atoms with Crippen molar-refractivity contribution in [3.63, 3.8) is 0 Å². The quantitative estimate of drug-likeness (QED) is 0.528. The van der Waals surface area contributed by atoms with Crippen molar-refractivity contribution < 1.29 is 4.79 Å². The van der Waals surface area contributed by atoms with Crippen LogP contribution in [0, 0.1) is 0 Å². The molecule has 0 bridgehead atoms. The summed E-state index contributed by atoms with van der Waals surface area (Å²) in [6.07, 6.45) is 3.76. The Kier molecular flexibility index (Phi) is 6.67. The Labute approximate surface area is 113 Å². The molecule has 0 saturated carbocycles. The van der Waals surface area contributed by atoms with E-state index in [4.69, 9.17) is 0 Å². The third kappa shape index (κ3) is 4.62. The maximum absolute atomic E-state index is 10.3. The van der Waals surface area contributed by atoms with Crippen LogP contribution < -0.4 is 10.6 Å². The van der Waals surface area contributed by atoms with E-state index in [1.807, 2.05) is 13.2 Å². The van der Waals surface area contributed by atoms with Gasteiger partial charge in [0.15, 0.2) is 5.13 Å². The molecule has 0 aromatic carbocycles. The van der Waals surface area contributed by atoms with Crippen LogP contribution in [0.25, 0.3) is 0 Å². The van der Waals surface area contributed by atoms with Gasteiger partial charge >= 0.3 is 0 Å². The molecule has 0 aliphatic heterocycles. The lowest BCUT2D eigenvalue weighted by Gasteiger charge is -2.27. The average Bonchev–Trinajstić information content (AvgIpc) is 2.84. The van der Waals surface area contributed by atoms with Gasteiger partial charge in [0, 0.05) is 43.8 Å². The number of aromatic nitrogens is 1. The molecule has 1 atom stereocenters. The number of anilines is 1. The number of hydrogen-bond donors (Lipinski definition) is 2. The highest BCUT2D eigenvalue weighted by molar-refractivity contribution is 7.15. The fourth-order valence-electron chi connectivity index (χ4n) is 1.68. The molecule has 18 heavy (non-hydrogen) atoms. The van der Waals surface area contributed by atoms with Crippen molar-refractivity contribution in [2.45, 2.75) is 32.9 Å². The van der Waals surface area contributed by atoms with Crippen LogP contribution in [0.4, 0.5) is 5.13 Å². The summed E-state index contributed by atoms with van der Waals surface area (Å²) in [5.74, 6) is 0. The summed E-state index contributed by atoms with van der Waals surface area (Å²) < 4.78 is 0. The highest BCUT2D eigenvalue weighted by atomic mass is 32.1. The first-order chi connectivity index (χ1) is 8.71. The fourth-order valence-corrected chi connectivity index (χ4v) is 2.47. The van der Waals surface area contributed by atoms with E-state index in [9.17, 15) is 4.79 Å². The number of amides is 1. The van der Waals surface area contributed by atoms with Crippen molar-refractivity contribution >= 4 is 22.9 Å². The Hall–Kier alpha value is -1.14. The summed E-state index contributed by atoms with van der Waals surface area (Å²) in [5.41, 5.74) is 0. The Bertz CT molecular complexity index is 356. The summed E-state index contributed by atoms with van der Waals surface area (Å²) in [5, 5.41) is 6.70. The van der Waals surface area contributed by atoms with E-state index >= 15 is 0 Å². The number of nitrogens with one attached hydrogen (secondary N) is 2. The number of carbonyl (C=O) groups is 1. The zero-order chi connectivity index (χ0) is 13.4. The van der Waals surface area contributed by atoms with Crippen molar-refractivity contribution in [3.05, 3.63) is 11.1 Å². The van der Waals surface area contributed by atoms with Crippen LogP contribution >= 0.6 is 11.3 Å². The van der Waals surface area contributed by atoms with Crippen LogP contribution in [0.2, 0.25) is 0 Å². The predicted octanol–water partition coefficient (Wildman–Crippen LogP) is 1.53. The van der Waals surface area contributed by atoms with Crippen molar-refractivity contribution in [2.75, 3.05) is 25.5 Å². The second kappa shape index (κ2) is 8.05. The lowest BCUT2D eigenvalue weighted by molar-refractivity contribution is -0.109. The van der Waals surface area contributed by atoms with E-state index in [1.54, 1.807) is 11.3 Å². The molecule has 0 saturated heterocycles. The Morgan fingerprint density at radius 1 is 1.61 bits per heavy atom. The first-order valence-corrected chi connectivity index (χ1v) is 7.06. The van der Waals surface area contributed by atoms with Crippen LogP contribution in [0.3, 0.4) is 0 Å². The van der Waals surface area contributed by atoms with Gasteiger partial charge in [-0.2, -0.15) is 0 Å². The largest absolute Gasteiger partial charge is 0.365 e. The van der Waals surface area contributed by atoms with Crippen molar-refractivity contribution in [1.82, 2.24) is 15.2 Å². The molecule has 6 heteroatoms. The van der Waals surface area contributed by atoms with E-state index in [0.717, 1.165) is 31.1 Å². The maximum Gasteiger partial charge on any atom is 0.207 e. The monoisotopic (exact) mass is 270 g/mol. The molecule has 0 aliphatic rings. The summed E-state index contributed by atoms with van der Waals surface area (Å²) in [6, 6.07) is 0.499. The van der Waals surface area contributed by atoms with Gasteiger partial charge in [0.05, 0.1) is 0 Å². The topological polar surface area (TPSA) is 57.3 Å². The molecule has 1 aromatic heterocycles. The summed E-state index contributed by atoms with van der Waals surface area (Å²) in [4.78, 5) is 18.2. The second-order valence-electron chi connectivity index (χ2n) is 4.18. The molecule has 0 fully saturated rings. The normalized spacial score (nSPS) is 12.4. The summed E-state index contributed by atoms with van der Waals surface area (Å²) in [7, 11) is 1.88. The smallest absolute Gasteiger partial charge is 0.207 e. The van der Waals surface area contributed by atoms with Gasteiger partial charge < -0.3 is 10.6 Å². The van der Waals surface area contributed by atoms with E-state index in [-0.39, 0.29) is 0 Å². The fraction of sp³-hybridized carbons (Fsp3) is 0.667. The molecule has 0 radical (unpaired) electrons. The highest BCUT2D eigenvalue weighted by Crippen LogP contribution is 2.20. The molecule has 0 aliphatic carbocycles. The minimum atomic E-state index is 0.499. The van der Waals surface area contributed by atoms with E-state index in [1.165, 1.54) is 4.88 Å². The first-order valence-electron chi connectivity index (χ1n) is 6.24. The molecule has 1 amide bonds. The lowest BCUT2D eigenvalue weighted by Crippen LogP contribution is -2.37. The number of thiazole rings is 1. The summed E-state index contributed by atoms with van der Waals surface area (Å²) in [6.45, 7) is 6.82. The van der Waals surface area contributed by atoms with Crippen molar-refractivity contribution in [2.24, 2.45) is 0 Å². The van der Waals surface area contributed by atoms with Crippen LogP contribution in [0.5, 0.6) is 0 Å². The first kappa shape index (κ1) is 14.9. The Balaban J connectivity index is 2.56. The molecule has 2 N–H and O–H groups in total. The van der Waals surface area contributed by atoms with Crippen molar-refractivity contribution in [1.29, 1.82) is 0 Å². The van der Waals surface area contributed by atoms with E-state index < -0.39 is 0 Å². The summed E-state index contributed by atoms with van der Waals surface area (Å²) >= 11 is 1.67. The molecule has 0 spiro atoms. The van der Waals surface area contributed by atoms with Gasteiger partial charge in [-0.05, 0) is 13.3 Å². The van der Waals surface area contributed by atoms with E-state index in [2.05, 4.69) is 34.4 Å². The third-order valence-electron chi connectivity index (χ3n) is 2.97. The average molecular weight is 270 g/mol. The number of hydrogen-bond acceptors (Lipinski definition) is 5. The Morgan fingerprint density at radius 2 is 2.39 bits per heavy atom. The number of nitrogens with zero attached hydrogens (tertiary/aromatic N) is 2. The standard InChI is InChI=1S/C12H22N4OS/c1-4-10(2)16(6-5-14-9-17)8-11-7-15-12(13-3)18-11/h7,9-10H,4-6,8H2,1-3H3,(H,13,15)(H,14,17). The van der Waals surface area contributed by atoms with Crippen LogP contribution in [0.1, 0.15) is 25.1 Å². The van der Waals surface area contributed by atoms with Gasteiger partial charge in [0.1, 0.15) is 0 Å². The third-order valence-corrected chi connectivity index (χ3v) is 3.97. The van der Waals surface area contributed by atoms with Crippen molar-refractivity contribution in [3.8, 4) is 0 Å². The highest BCUT2D eigenvalue weighted by Gasteiger charge is 2.13. The zero-order valence-corrected chi connectivity index (χ0v) is 12.1. The van der Waals surface area contributed by atoms with Gasteiger partial charge in [-0.15, -0.1) is 11.3 Å². The Morgan fingerprint density at radius 3 is 2.94 bits per heavy atom. The van der Waals surface area contributed by atoms with Gasteiger partial charge in [0.25, 0.3) is 0 Å². The molecule has 5 nitrogen and oxygen atoms in total. The lowest BCUT2D eigenvalue weighted by atomic mass is 10.2. The second-order valence-corrected chi connectivity index (χ2v) is 5.30. The molecule has 1 heterocycles. The number of carbonyl (C=O) groups excluding carboxylic acids is 1. The number of rotatable bonds is 9. The SMILES string of the molecule is CCC(C)N(CCNC=O)Cc1cnc(NC)s1. The maximum atomic E-state index is 10.3. The zero-order valence-electron chi connectivity index (χ0n) is 11.3. The minimum absolute atomic E-state index is 0.499. The molecule has 1 rings (SSSR count). The molecular formula is C12H22N4OS. The van der Waals surface area contributed by atoms with Crippen LogP contribution in [-0.2, 0) is 11.3 Å². The van der Waals surface area contributed by atoms with E-state index in [0.29, 0.717) is 12.6 Å². The van der Waals surface area contributed by atoms with Gasteiger partial charge in [-0.25, -0.2) is 4.98 Å². The predicted molar refractivity (Wildman–Crippen MR) is 75.9 cm³/mol. The van der Waals surface area contributed by atoms with Crippen LogP contribution in [0.15, 0.2) is 6.20 Å². The molecule has 102 valence electrons.